The summed E-state index contributed by atoms with van der Waals surface area (Å²) in [7, 11) is 0. The topological polar surface area (TPSA) is 58.8 Å². The lowest BCUT2D eigenvalue weighted by Gasteiger charge is -2.10. The number of nitrogens with one attached hydrogen (secondary N) is 2. The fourth-order valence-electron chi connectivity index (χ4n) is 2.25. The van der Waals surface area contributed by atoms with E-state index in [1.807, 2.05) is 32.0 Å². The highest BCUT2D eigenvalue weighted by molar-refractivity contribution is 14.0. The van der Waals surface area contributed by atoms with Crippen LogP contribution in [0.25, 0.3) is 11.0 Å². The zero-order valence-corrected chi connectivity index (χ0v) is 16.3. The summed E-state index contributed by atoms with van der Waals surface area (Å²) in [5.41, 5.74) is 2.07. The highest BCUT2D eigenvalue weighted by Gasteiger charge is 2.09. The summed E-state index contributed by atoms with van der Waals surface area (Å²) in [6, 6.07) is 8.07. The summed E-state index contributed by atoms with van der Waals surface area (Å²) in [6.45, 7) is 9.59. The minimum absolute atomic E-state index is 0. The Morgan fingerprint density at radius 1 is 1.22 bits per heavy atom. The zero-order chi connectivity index (χ0) is 15.8. The molecule has 23 heavy (non-hydrogen) atoms. The average Bonchev–Trinajstić information content (AvgIpc) is 2.86. The molecular formula is C17H26IN3O2. The second kappa shape index (κ2) is 10.5. The Morgan fingerprint density at radius 3 is 2.70 bits per heavy atom. The molecule has 6 heteroatoms. The maximum Gasteiger partial charge on any atom is 0.191 e. The summed E-state index contributed by atoms with van der Waals surface area (Å²) in [5.74, 6) is 1.69. The van der Waals surface area contributed by atoms with E-state index in [4.69, 9.17) is 9.15 Å². The van der Waals surface area contributed by atoms with Crippen molar-refractivity contribution < 1.29 is 9.15 Å². The molecule has 0 radical (unpaired) electrons. The monoisotopic (exact) mass is 431 g/mol. The molecule has 0 amide bonds. The van der Waals surface area contributed by atoms with Crippen LogP contribution in [-0.4, -0.2) is 32.3 Å². The quantitative estimate of drug-likeness (QED) is 0.305. The van der Waals surface area contributed by atoms with Crippen LogP contribution in [0.15, 0.2) is 33.7 Å². The summed E-state index contributed by atoms with van der Waals surface area (Å²) in [5, 5.41) is 7.63. The molecule has 0 atom stereocenters. The largest absolute Gasteiger partial charge is 0.459 e. The van der Waals surface area contributed by atoms with Crippen LogP contribution < -0.4 is 10.6 Å². The van der Waals surface area contributed by atoms with Gasteiger partial charge in [-0.2, -0.15) is 0 Å². The van der Waals surface area contributed by atoms with Crippen molar-refractivity contribution in [1.29, 1.82) is 0 Å². The van der Waals surface area contributed by atoms with Crippen LogP contribution >= 0.6 is 24.0 Å². The van der Waals surface area contributed by atoms with Gasteiger partial charge >= 0.3 is 0 Å². The van der Waals surface area contributed by atoms with E-state index in [0.29, 0.717) is 13.2 Å². The van der Waals surface area contributed by atoms with E-state index in [1.54, 1.807) is 0 Å². The second-order valence-electron chi connectivity index (χ2n) is 4.97. The highest BCUT2D eigenvalue weighted by atomic mass is 127. The number of fused-ring (bicyclic) bond motifs is 1. The first-order valence-corrected chi connectivity index (χ1v) is 7.83. The third-order valence-corrected chi connectivity index (χ3v) is 3.41. The molecule has 1 heterocycles. The number of guanidine groups is 1. The first-order valence-electron chi connectivity index (χ1n) is 7.83. The van der Waals surface area contributed by atoms with E-state index < -0.39 is 0 Å². The number of para-hydroxylation sites is 1. The lowest BCUT2D eigenvalue weighted by Crippen LogP contribution is -2.39. The number of aliphatic imine (C=N–C) groups is 1. The van der Waals surface area contributed by atoms with Crippen molar-refractivity contribution >= 4 is 40.9 Å². The van der Waals surface area contributed by atoms with Gasteiger partial charge in [-0.25, -0.2) is 4.99 Å². The molecule has 1 aromatic heterocycles. The van der Waals surface area contributed by atoms with Gasteiger partial charge in [0.1, 0.15) is 17.9 Å². The van der Waals surface area contributed by atoms with Crippen molar-refractivity contribution in [2.24, 2.45) is 4.99 Å². The van der Waals surface area contributed by atoms with E-state index in [2.05, 4.69) is 28.6 Å². The average molecular weight is 431 g/mol. The summed E-state index contributed by atoms with van der Waals surface area (Å²) < 4.78 is 11.2. The van der Waals surface area contributed by atoms with Crippen molar-refractivity contribution in [3.05, 3.63) is 35.6 Å². The van der Waals surface area contributed by atoms with E-state index >= 15 is 0 Å². The lowest BCUT2D eigenvalue weighted by atomic mass is 10.1. The fraction of sp³-hybridized carbons (Fsp3) is 0.471. The Bertz CT molecular complexity index is 625. The summed E-state index contributed by atoms with van der Waals surface area (Å²) in [4.78, 5) is 4.58. The number of ether oxygens (including phenoxy) is 1. The number of halogens is 1. The van der Waals surface area contributed by atoms with Gasteiger partial charge in [-0.15, -0.1) is 24.0 Å². The third kappa shape index (κ3) is 5.69. The molecule has 0 fully saturated rings. The van der Waals surface area contributed by atoms with Crippen LogP contribution in [0.3, 0.4) is 0 Å². The molecule has 128 valence electrons. The molecule has 0 unspecified atom stereocenters. The molecule has 2 rings (SSSR count). The Labute approximate surface area is 154 Å². The van der Waals surface area contributed by atoms with E-state index in [1.165, 1.54) is 0 Å². The standard InChI is InChI=1S/C17H25N3O2.HI/c1-4-18-17(19-10-11-21-5-2)20-12-16-13(3)14-8-6-7-9-15(14)22-16;/h6-9H,4-5,10-12H2,1-3H3,(H2,18,19,20);1H. The predicted molar refractivity (Wildman–Crippen MR) is 106 cm³/mol. The van der Waals surface area contributed by atoms with Gasteiger partial charge in [0.05, 0.1) is 6.61 Å². The molecule has 0 aliphatic carbocycles. The number of benzene rings is 1. The Kier molecular flexibility index (Phi) is 9.01. The maximum absolute atomic E-state index is 5.88. The molecule has 0 aliphatic heterocycles. The highest BCUT2D eigenvalue weighted by Crippen LogP contribution is 2.25. The Hall–Kier alpha value is -1.28. The van der Waals surface area contributed by atoms with E-state index in [0.717, 1.165) is 47.9 Å². The second-order valence-corrected chi connectivity index (χ2v) is 4.97. The third-order valence-electron chi connectivity index (χ3n) is 3.41. The molecule has 0 saturated carbocycles. The molecule has 0 saturated heterocycles. The number of nitrogens with zero attached hydrogens (tertiary/aromatic N) is 1. The van der Waals surface area contributed by atoms with Gasteiger partial charge in [0.25, 0.3) is 0 Å². The Morgan fingerprint density at radius 2 is 2.00 bits per heavy atom. The van der Waals surface area contributed by atoms with Crippen LogP contribution in [0.1, 0.15) is 25.2 Å². The Balaban J connectivity index is 0.00000264. The van der Waals surface area contributed by atoms with Crippen molar-refractivity contribution in [1.82, 2.24) is 10.6 Å². The van der Waals surface area contributed by atoms with Gasteiger partial charge in [-0.1, -0.05) is 18.2 Å². The SMILES string of the molecule is CCNC(=NCc1oc2ccccc2c1C)NCCOCC.I. The van der Waals surface area contributed by atoms with Crippen LogP contribution in [0, 0.1) is 6.92 Å². The van der Waals surface area contributed by atoms with Gasteiger partial charge in [0.2, 0.25) is 0 Å². The van der Waals surface area contributed by atoms with Crippen molar-refractivity contribution in [3.63, 3.8) is 0 Å². The van der Waals surface area contributed by atoms with Crippen LogP contribution in [0.5, 0.6) is 0 Å². The number of aryl methyl sites for hydroxylation is 1. The number of hydrogen-bond acceptors (Lipinski definition) is 3. The molecule has 0 bridgehead atoms. The zero-order valence-electron chi connectivity index (χ0n) is 14.0. The number of hydrogen-bond donors (Lipinski definition) is 2. The first kappa shape index (κ1) is 19.8. The minimum Gasteiger partial charge on any atom is -0.459 e. The van der Waals surface area contributed by atoms with E-state index in [9.17, 15) is 0 Å². The molecule has 2 N–H and O–H groups in total. The normalized spacial score (nSPS) is 11.3. The molecule has 2 aromatic rings. The molecular weight excluding hydrogens is 405 g/mol. The fourth-order valence-corrected chi connectivity index (χ4v) is 2.25. The molecule has 0 aliphatic rings. The summed E-state index contributed by atoms with van der Waals surface area (Å²) in [6.07, 6.45) is 0. The van der Waals surface area contributed by atoms with Crippen LogP contribution in [0.4, 0.5) is 0 Å². The number of furan rings is 1. The summed E-state index contributed by atoms with van der Waals surface area (Å²) >= 11 is 0. The van der Waals surface area contributed by atoms with Crippen molar-refractivity contribution in [2.45, 2.75) is 27.3 Å². The van der Waals surface area contributed by atoms with Crippen LogP contribution in [-0.2, 0) is 11.3 Å². The maximum atomic E-state index is 5.88. The van der Waals surface area contributed by atoms with Gasteiger partial charge in [0, 0.05) is 30.6 Å². The first-order chi connectivity index (χ1) is 10.8. The smallest absolute Gasteiger partial charge is 0.191 e. The van der Waals surface area contributed by atoms with Gasteiger partial charge in [-0.3, -0.25) is 0 Å². The predicted octanol–water partition coefficient (Wildman–Crippen LogP) is 3.45. The van der Waals surface area contributed by atoms with Crippen molar-refractivity contribution in [2.75, 3.05) is 26.3 Å². The molecule has 0 spiro atoms. The van der Waals surface area contributed by atoms with Crippen molar-refractivity contribution in [3.8, 4) is 0 Å². The van der Waals surface area contributed by atoms with E-state index in [-0.39, 0.29) is 24.0 Å². The number of rotatable bonds is 7. The molecule has 1 aromatic carbocycles. The van der Waals surface area contributed by atoms with Crippen LogP contribution in [0.2, 0.25) is 0 Å². The minimum atomic E-state index is 0. The van der Waals surface area contributed by atoms with Gasteiger partial charge < -0.3 is 19.8 Å². The van der Waals surface area contributed by atoms with Gasteiger partial charge in [-0.05, 0) is 26.8 Å². The van der Waals surface area contributed by atoms with Gasteiger partial charge in [0.15, 0.2) is 5.96 Å². The molecule has 5 nitrogen and oxygen atoms in total. The lowest BCUT2D eigenvalue weighted by molar-refractivity contribution is 0.152.